The Morgan fingerprint density at radius 1 is 1.40 bits per heavy atom. The molecule has 1 N–H and O–H groups in total. The van der Waals surface area contributed by atoms with Gasteiger partial charge in [0, 0.05) is 13.5 Å². The van der Waals surface area contributed by atoms with Crippen LogP contribution < -0.4 is 5.32 Å². The van der Waals surface area contributed by atoms with Crippen molar-refractivity contribution < 1.29 is 9.18 Å². The first-order valence-corrected chi connectivity index (χ1v) is 7.85. The van der Waals surface area contributed by atoms with Crippen LogP contribution >= 0.6 is 0 Å². The van der Waals surface area contributed by atoms with Crippen molar-refractivity contribution >= 4 is 5.91 Å². The standard InChI is InChI=1S/C17H28FNO/c1-4-6-11-17(5-2,12-10-16(20)19-3)14-8-7-9-15(18)13-14/h9,13H,4-8,10-12H2,1-3H3,(H,19,20). The van der Waals surface area contributed by atoms with E-state index >= 15 is 0 Å². The van der Waals surface area contributed by atoms with Crippen molar-refractivity contribution in [2.24, 2.45) is 5.41 Å². The normalized spacial score (nSPS) is 18.0. The molecule has 0 aromatic heterocycles. The van der Waals surface area contributed by atoms with Crippen molar-refractivity contribution in [1.29, 1.82) is 0 Å². The Labute approximate surface area is 122 Å². The monoisotopic (exact) mass is 281 g/mol. The zero-order valence-corrected chi connectivity index (χ0v) is 13.1. The van der Waals surface area contributed by atoms with Gasteiger partial charge in [-0.1, -0.05) is 32.3 Å². The zero-order valence-electron chi connectivity index (χ0n) is 13.1. The van der Waals surface area contributed by atoms with Crippen molar-refractivity contribution in [3.63, 3.8) is 0 Å². The molecule has 2 nitrogen and oxygen atoms in total. The quantitative estimate of drug-likeness (QED) is 0.688. The molecule has 1 atom stereocenters. The summed E-state index contributed by atoms with van der Waals surface area (Å²) in [7, 11) is 1.67. The van der Waals surface area contributed by atoms with Crippen molar-refractivity contribution in [3.8, 4) is 0 Å². The predicted molar refractivity (Wildman–Crippen MR) is 82.1 cm³/mol. The van der Waals surface area contributed by atoms with E-state index in [1.165, 1.54) is 5.57 Å². The van der Waals surface area contributed by atoms with E-state index in [1.54, 1.807) is 19.2 Å². The van der Waals surface area contributed by atoms with Gasteiger partial charge in [-0.25, -0.2) is 4.39 Å². The number of halogens is 1. The SMILES string of the molecule is CCCCC(CC)(CCC(=O)NC)C1=CC(F)=CCC1. The molecule has 1 amide bonds. The van der Waals surface area contributed by atoms with Crippen LogP contribution in [0.2, 0.25) is 0 Å². The van der Waals surface area contributed by atoms with Crippen molar-refractivity contribution in [2.75, 3.05) is 7.05 Å². The maximum Gasteiger partial charge on any atom is 0.219 e. The van der Waals surface area contributed by atoms with Crippen LogP contribution in [-0.2, 0) is 4.79 Å². The Kier molecular flexibility index (Phi) is 6.97. The number of hydrogen-bond donors (Lipinski definition) is 1. The Morgan fingerprint density at radius 2 is 2.15 bits per heavy atom. The summed E-state index contributed by atoms with van der Waals surface area (Å²) in [6, 6.07) is 0. The molecule has 0 radical (unpaired) electrons. The lowest BCUT2D eigenvalue weighted by molar-refractivity contribution is -0.121. The van der Waals surface area contributed by atoms with Crippen LogP contribution in [0.1, 0.15) is 65.2 Å². The number of allylic oxidation sites excluding steroid dienone is 4. The number of rotatable bonds is 8. The van der Waals surface area contributed by atoms with Crippen LogP contribution in [0.3, 0.4) is 0 Å². The Bertz CT molecular complexity index is 386. The molecule has 0 bridgehead atoms. The van der Waals surface area contributed by atoms with E-state index in [4.69, 9.17) is 0 Å². The van der Waals surface area contributed by atoms with Crippen LogP contribution in [0.4, 0.5) is 4.39 Å². The van der Waals surface area contributed by atoms with Crippen molar-refractivity contribution in [1.82, 2.24) is 5.32 Å². The molecule has 0 aromatic carbocycles. The van der Waals surface area contributed by atoms with E-state index in [2.05, 4.69) is 19.2 Å². The highest BCUT2D eigenvalue weighted by atomic mass is 19.1. The summed E-state index contributed by atoms with van der Waals surface area (Å²) in [5, 5.41) is 2.69. The third kappa shape index (κ3) is 4.46. The van der Waals surface area contributed by atoms with Gasteiger partial charge in [0.2, 0.25) is 5.91 Å². The lowest BCUT2D eigenvalue weighted by Gasteiger charge is -2.37. The van der Waals surface area contributed by atoms with E-state index < -0.39 is 0 Å². The first kappa shape index (κ1) is 16.9. The van der Waals surface area contributed by atoms with Gasteiger partial charge in [0.15, 0.2) is 0 Å². The molecule has 0 saturated carbocycles. The molecule has 1 aliphatic rings. The third-order valence-electron chi connectivity index (χ3n) is 4.54. The second-order valence-corrected chi connectivity index (χ2v) is 5.71. The molecule has 0 aromatic rings. The number of unbranched alkanes of at least 4 members (excludes halogenated alkanes) is 1. The van der Waals surface area contributed by atoms with E-state index in [9.17, 15) is 9.18 Å². The minimum atomic E-state index is -0.111. The van der Waals surface area contributed by atoms with Gasteiger partial charge in [-0.15, -0.1) is 0 Å². The molecule has 3 heteroatoms. The summed E-state index contributed by atoms with van der Waals surface area (Å²) in [5.41, 5.74) is 1.20. The average molecular weight is 281 g/mol. The van der Waals surface area contributed by atoms with Gasteiger partial charge in [0.25, 0.3) is 0 Å². The molecule has 0 fully saturated rings. The average Bonchev–Trinajstić information content (AvgIpc) is 2.47. The van der Waals surface area contributed by atoms with E-state index in [1.807, 2.05) is 0 Å². The smallest absolute Gasteiger partial charge is 0.219 e. The van der Waals surface area contributed by atoms with E-state index in [-0.39, 0.29) is 17.1 Å². The Hall–Kier alpha value is -1.12. The second kappa shape index (κ2) is 8.23. The van der Waals surface area contributed by atoms with Gasteiger partial charge in [-0.05, 0) is 49.7 Å². The highest BCUT2D eigenvalue weighted by molar-refractivity contribution is 5.75. The van der Waals surface area contributed by atoms with Crippen LogP contribution in [0.5, 0.6) is 0 Å². The van der Waals surface area contributed by atoms with Gasteiger partial charge in [0.05, 0.1) is 0 Å². The number of amides is 1. The molecule has 0 heterocycles. The molecule has 1 unspecified atom stereocenters. The highest BCUT2D eigenvalue weighted by Gasteiger charge is 2.32. The van der Waals surface area contributed by atoms with Crippen molar-refractivity contribution in [3.05, 3.63) is 23.6 Å². The molecule has 0 aliphatic heterocycles. The minimum absolute atomic E-state index is 0.00583. The lowest BCUT2D eigenvalue weighted by Crippen LogP contribution is -2.27. The first-order valence-electron chi connectivity index (χ1n) is 7.85. The highest BCUT2D eigenvalue weighted by Crippen LogP contribution is 2.45. The molecule has 0 saturated heterocycles. The molecular formula is C17H28FNO. The lowest BCUT2D eigenvalue weighted by atomic mass is 9.68. The predicted octanol–water partition coefficient (Wildman–Crippen LogP) is 4.67. The van der Waals surface area contributed by atoms with Gasteiger partial charge in [-0.2, -0.15) is 0 Å². The van der Waals surface area contributed by atoms with Crippen LogP contribution in [-0.4, -0.2) is 13.0 Å². The fourth-order valence-corrected chi connectivity index (χ4v) is 3.10. The van der Waals surface area contributed by atoms with Crippen molar-refractivity contribution in [2.45, 2.75) is 65.2 Å². The summed E-state index contributed by atoms with van der Waals surface area (Å²) >= 11 is 0. The fraction of sp³-hybridized carbons (Fsp3) is 0.706. The van der Waals surface area contributed by atoms with Gasteiger partial charge >= 0.3 is 0 Å². The number of hydrogen-bond acceptors (Lipinski definition) is 1. The maximum atomic E-state index is 13.6. The molecular weight excluding hydrogens is 253 g/mol. The second-order valence-electron chi connectivity index (χ2n) is 5.71. The molecule has 20 heavy (non-hydrogen) atoms. The van der Waals surface area contributed by atoms with Gasteiger partial charge in [-0.3, -0.25) is 4.79 Å². The first-order chi connectivity index (χ1) is 9.57. The van der Waals surface area contributed by atoms with E-state index in [0.29, 0.717) is 6.42 Å². The Morgan fingerprint density at radius 3 is 2.70 bits per heavy atom. The zero-order chi connectivity index (χ0) is 15.0. The largest absolute Gasteiger partial charge is 0.359 e. The molecule has 0 spiro atoms. The van der Waals surface area contributed by atoms with E-state index in [0.717, 1.165) is 44.9 Å². The summed E-state index contributed by atoms with van der Waals surface area (Å²) in [6.07, 6.45) is 10.7. The molecule has 114 valence electrons. The van der Waals surface area contributed by atoms with Crippen LogP contribution in [0.25, 0.3) is 0 Å². The number of nitrogens with one attached hydrogen (secondary N) is 1. The van der Waals surface area contributed by atoms with Crippen LogP contribution in [0.15, 0.2) is 23.6 Å². The summed E-state index contributed by atoms with van der Waals surface area (Å²) in [4.78, 5) is 11.6. The molecule has 1 rings (SSSR count). The summed E-state index contributed by atoms with van der Waals surface area (Å²) in [6.45, 7) is 4.34. The van der Waals surface area contributed by atoms with Crippen LogP contribution in [0, 0.1) is 5.41 Å². The number of carbonyl (C=O) groups is 1. The molecule has 1 aliphatic carbocycles. The summed E-state index contributed by atoms with van der Waals surface area (Å²) < 4.78 is 13.6. The van der Waals surface area contributed by atoms with Gasteiger partial charge in [0.1, 0.15) is 5.83 Å². The topological polar surface area (TPSA) is 29.1 Å². The number of carbonyl (C=O) groups excluding carboxylic acids is 1. The maximum absolute atomic E-state index is 13.6. The fourth-order valence-electron chi connectivity index (χ4n) is 3.10. The van der Waals surface area contributed by atoms with Gasteiger partial charge < -0.3 is 5.32 Å². The third-order valence-corrected chi connectivity index (χ3v) is 4.54. The summed E-state index contributed by atoms with van der Waals surface area (Å²) in [5.74, 6) is -0.0349. The Balaban J connectivity index is 2.91. The minimum Gasteiger partial charge on any atom is -0.359 e.